The molecule has 0 heterocycles. The molecule has 0 fully saturated rings. The van der Waals surface area contributed by atoms with Crippen LogP contribution in [0.2, 0.25) is 0 Å². The van der Waals surface area contributed by atoms with E-state index in [2.05, 4.69) is 30.5 Å². The molecule has 0 saturated heterocycles. The molecule has 0 saturated carbocycles. The average molecular weight is 223 g/mol. The van der Waals surface area contributed by atoms with Gasteiger partial charge < -0.3 is 4.79 Å². The Bertz CT molecular complexity index is 297. The Morgan fingerprint density at radius 2 is 2.00 bits per heavy atom. The lowest BCUT2D eigenvalue weighted by atomic mass is 10.1. The Morgan fingerprint density at radius 3 is 2.53 bits per heavy atom. The summed E-state index contributed by atoms with van der Waals surface area (Å²) in [6.45, 7) is 1.44. The number of thioether (sulfide) groups is 1. The molecule has 0 aliphatic heterocycles. The van der Waals surface area contributed by atoms with Gasteiger partial charge in [-0.3, -0.25) is 4.90 Å². The molecule has 0 aliphatic carbocycles. The van der Waals surface area contributed by atoms with Crippen LogP contribution in [0.4, 0.5) is 0 Å². The zero-order valence-electron chi connectivity index (χ0n) is 9.27. The van der Waals surface area contributed by atoms with Crippen LogP contribution >= 0.6 is 11.8 Å². The van der Waals surface area contributed by atoms with E-state index in [1.807, 2.05) is 11.9 Å². The molecule has 1 aromatic carbocycles. The molecule has 1 aromatic rings. The van der Waals surface area contributed by atoms with E-state index >= 15 is 0 Å². The van der Waals surface area contributed by atoms with Crippen LogP contribution in [0.25, 0.3) is 0 Å². The van der Waals surface area contributed by atoms with E-state index in [-0.39, 0.29) is 0 Å². The third-order valence-electron chi connectivity index (χ3n) is 2.33. The lowest BCUT2D eigenvalue weighted by Crippen LogP contribution is -2.23. The van der Waals surface area contributed by atoms with E-state index < -0.39 is 0 Å². The maximum atomic E-state index is 10.3. The first-order valence-corrected chi connectivity index (χ1v) is 6.24. The SMILES string of the molecule is CSc1ccc(CCN(C)CC=O)cc1. The number of likely N-dealkylation sites (N-methyl/N-ethyl adjacent to an activating group) is 1. The summed E-state index contributed by atoms with van der Waals surface area (Å²) >= 11 is 1.75. The number of rotatable bonds is 6. The summed E-state index contributed by atoms with van der Waals surface area (Å²) in [6, 6.07) is 8.58. The van der Waals surface area contributed by atoms with Crippen LogP contribution in [0.1, 0.15) is 5.56 Å². The highest BCUT2D eigenvalue weighted by atomic mass is 32.2. The van der Waals surface area contributed by atoms with Crippen LogP contribution in [-0.2, 0) is 11.2 Å². The largest absolute Gasteiger partial charge is 0.302 e. The van der Waals surface area contributed by atoms with Crippen molar-refractivity contribution in [3.05, 3.63) is 29.8 Å². The molecule has 3 heteroatoms. The van der Waals surface area contributed by atoms with Crippen LogP contribution in [0, 0.1) is 0 Å². The molecule has 0 aromatic heterocycles. The summed E-state index contributed by atoms with van der Waals surface area (Å²) in [6.07, 6.45) is 4.02. The molecule has 0 aliphatic rings. The Balaban J connectivity index is 2.40. The highest BCUT2D eigenvalue weighted by Crippen LogP contribution is 2.15. The monoisotopic (exact) mass is 223 g/mol. The molecule has 0 atom stereocenters. The number of hydrogen-bond donors (Lipinski definition) is 0. The minimum Gasteiger partial charge on any atom is -0.302 e. The number of benzene rings is 1. The topological polar surface area (TPSA) is 20.3 Å². The number of nitrogens with zero attached hydrogens (tertiary/aromatic N) is 1. The van der Waals surface area contributed by atoms with Crippen LogP contribution in [-0.4, -0.2) is 37.6 Å². The normalized spacial score (nSPS) is 10.6. The summed E-state index contributed by atoms with van der Waals surface area (Å²) in [5, 5.41) is 0. The fourth-order valence-electron chi connectivity index (χ4n) is 1.33. The lowest BCUT2D eigenvalue weighted by Gasteiger charge is -2.12. The van der Waals surface area contributed by atoms with Gasteiger partial charge in [0.15, 0.2) is 0 Å². The number of hydrogen-bond acceptors (Lipinski definition) is 3. The van der Waals surface area contributed by atoms with Gasteiger partial charge in [0.2, 0.25) is 0 Å². The van der Waals surface area contributed by atoms with Crippen LogP contribution in [0.3, 0.4) is 0 Å². The van der Waals surface area contributed by atoms with Crippen molar-refractivity contribution >= 4 is 18.0 Å². The van der Waals surface area contributed by atoms with E-state index in [4.69, 9.17) is 0 Å². The van der Waals surface area contributed by atoms with Crippen molar-refractivity contribution < 1.29 is 4.79 Å². The minimum atomic E-state index is 0.517. The van der Waals surface area contributed by atoms with E-state index in [0.29, 0.717) is 6.54 Å². The molecule has 0 unspecified atom stereocenters. The average Bonchev–Trinajstić information content (AvgIpc) is 2.27. The van der Waals surface area contributed by atoms with E-state index in [1.165, 1.54) is 10.5 Å². The molecule has 0 N–H and O–H groups in total. The zero-order chi connectivity index (χ0) is 11.1. The second kappa shape index (κ2) is 6.64. The minimum absolute atomic E-state index is 0.517. The Morgan fingerprint density at radius 1 is 1.33 bits per heavy atom. The fraction of sp³-hybridized carbons (Fsp3) is 0.417. The maximum Gasteiger partial charge on any atom is 0.133 e. The van der Waals surface area contributed by atoms with Crippen molar-refractivity contribution in [2.45, 2.75) is 11.3 Å². The predicted molar refractivity (Wildman–Crippen MR) is 65.5 cm³/mol. The van der Waals surface area contributed by atoms with Crippen molar-refractivity contribution in [3.8, 4) is 0 Å². The molecule has 0 bridgehead atoms. The zero-order valence-corrected chi connectivity index (χ0v) is 10.1. The lowest BCUT2D eigenvalue weighted by molar-refractivity contribution is -0.108. The summed E-state index contributed by atoms with van der Waals surface area (Å²) in [7, 11) is 1.96. The van der Waals surface area contributed by atoms with E-state index in [9.17, 15) is 4.79 Å². The molecular weight excluding hydrogens is 206 g/mol. The van der Waals surface area contributed by atoms with Crippen molar-refractivity contribution in [2.75, 3.05) is 26.4 Å². The molecule has 0 spiro atoms. The second-order valence-electron chi connectivity index (χ2n) is 3.53. The predicted octanol–water partition coefficient (Wildman–Crippen LogP) is 2.08. The third-order valence-corrected chi connectivity index (χ3v) is 3.07. The first-order chi connectivity index (χ1) is 7.26. The highest BCUT2D eigenvalue weighted by Gasteiger charge is 1.98. The second-order valence-corrected chi connectivity index (χ2v) is 4.41. The molecule has 82 valence electrons. The van der Waals surface area contributed by atoms with Crippen LogP contribution < -0.4 is 0 Å². The smallest absolute Gasteiger partial charge is 0.133 e. The third kappa shape index (κ3) is 4.49. The van der Waals surface area contributed by atoms with Crippen molar-refractivity contribution in [1.82, 2.24) is 4.90 Å². The van der Waals surface area contributed by atoms with Gasteiger partial charge in [-0.25, -0.2) is 0 Å². The van der Waals surface area contributed by atoms with E-state index in [0.717, 1.165) is 19.3 Å². The van der Waals surface area contributed by atoms with Gasteiger partial charge in [-0.05, 0) is 37.4 Å². The van der Waals surface area contributed by atoms with Gasteiger partial charge in [0.25, 0.3) is 0 Å². The summed E-state index contributed by atoms with van der Waals surface area (Å²) < 4.78 is 0. The van der Waals surface area contributed by atoms with Gasteiger partial charge in [0.1, 0.15) is 6.29 Å². The van der Waals surface area contributed by atoms with Gasteiger partial charge in [-0.15, -0.1) is 11.8 Å². The first-order valence-electron chi connectivity index (χ1n) is 5.01. The van der Waals surface area contributed by atoms with Gasteiger partial charge in [0, 0.05) is 11.4 Å². The maximum absolute atomic E-state index is 10.3. The van der Waals surface area contributed by atoms with Crippen molar-refractivity contribution in [2.24, 2.45) is 0 Å². The standard InChI is InChI=1S/C12H17NOS/c1-13(9-10-14)8-7-11-3-5-12(15-2)6-4-11/h3-6,10H,7-9H2,1-2H3. The molecule has 0 radical (unpaired) electrons. The fourth-order valence-corrected chi connectivity index (χ4v) is 1.74. The molecule has 0 amide bonds. The summed E-state index contributed by atoms with van der Waals surface area (Å²) in [5.74, 6) is 0. The Hall–Kier alpha value is -0.800. The van der Waals surface area contributed by atoms with Gasteiger partial charge in [-0.1, -0.05) is 12.1 Å². The summed E-state index contributed by atoms with van der Waals surface area (Å²) in [5.41, 5.74) is 1.32. The molecular formula is C12H17NOS. The number of carbonyl (C=O) groups excluding carboxylic acids is 1. The number of carbonyl (C=O) groups is 1. The molecule has 2 nitrogen and oxygen atoms in total. The Labute approximate surface area is 95.7 Å². The first kappa shape index (κ1) is 12.3. The van der Waals surface area contributed by atoms with Crippen LogP contribution in [0.5, 0.6) is 0 Å². The van der Waals surface area contributed by atoms with Crippen molar-refractivity contribution in [3.63, 3.8) is 0 Å². The molecule has 1 rings (SSSR count). The Kier molecular flexibility index (Phi) is 5.43. The van der Waals surface area contributed by atoms with Crippen LogP contribution in [0.15, 0.2) is 29.2 Å². The van der Waals surface area contributed by atoms with Gasteiger partial charge in [0.05, 0.1) is 6.54 Å². The van der Waals surface area contributed by atoms with E-state index in [1.54, 1.807) is 11.8 Å². The highest BCUT2D eigenvalue weighted by molar-refractivity contribution is 7.98. The number of aldehydes is 1. The summed E-state index contributed by atoms with van der Waals surface area (Å²) in [4.78, 5) is 13.6. The quantitative estimate of drug-likeness (QED) is 0.544. The van der Waals surface area contributed by atoms with Crippen molar-refractivity contribution in [1.29, 1.82) is 0 Å². The molecule has 15 heavy (non-hydrogen) atoms. The van der Waals surface area contributed by atoms with Gasteiger partial charge >= 0.3 is 0 Å². The van der Waals surface area contributed by atoms with Gasteiger partial charge in [-0.2, -0.15) is 0 Å².